The maximum atomic E-state index is 6.05. The van der Waals surface area contributed by atoms with Crippen LogP contribution in [0.15, 0.2) is 29.1 Å². The highest BCUT2D eigenvalue weighted by Gasteiger charge is 2.20. The lowest BCUT2D eigenvalue weighted by Gasteiger charge is -2.23. The quantitative estimate of drug-likeness (QED) is 0.254. The number of amidine groups is 1. The van der Waals surface area contributed by atoms with Gasteiger partial charge in [0.25, 0.3) is 0 Å². The lowest BCUT2D eigenvalue weighted by Crippen LogP contribution is -2.48. The van der Waals surface area contributed by atoms with Gasteiger partial charge in [-0.3, -0.25) is 5.84 Å². The van der Waals surface area contributed by atoms with Gasteiger partial charge in [-0.2, -0.15) is 0 Å². The number of hydrazine groups is 2. The number of nitrogens with two attached hydrogens (primary N) is 2. The second-order valence-electron chi connectivity index (χ2n) is 5.38. The zero-order chi connectivity index (χ0) is 17.7. The molecule has 8 nitrogen and oxygen atoms in total. The highest BCUT2D eigenvalue weighted by molar-refractivity contribution is 14.1. The van der Waals surface area contributed by atoms with Gasteiger partial charge in [0.15, 0.2) is 17.9 Å². The van der Waals surface area contributed by atoms with Gasteiger partial charge in [0.05, 0.1) is 10.2 Å². The molecule has 1 aliphatic heterocycles. The summed E-state index contributed by atoms with van der Waals surface area (Å²) >= 11 is 2.23. The molecule has 0 radical (unpaired) electrons. The van der Waals surface area contributed by atoms with Crippen LogP contribution in [-0.4, -0.2) is 18.7 Å². The highest BCUT2D eigenvalue weighted by Crippen LogP contribution is 2.35. The Balaban J connectivity index is 2.33. The minimum Gasteiger partial charge on any atom is -0.493 e. The number of rotatable bonds is 6. The van der Waals surface area contributed by atoms with Crippen LogP contribution in [0, 0.1) is 3.57 Å². The molecule has 0 saturated heterocycles. The number of nitrogens with zero attached hydrogens (tertiary/aromatic N) is 1. The van der Waals surface area contributed by atoms with Crippen molar-refractivity contribution in [3.8, 4) is 11.5 Å². The molecule has 0 amide bonds. The Morgan fingerprint density at radius 2 is 2.08 bits per heavy atom. The molecule has 0 aromatic heterocycles. The fraction of sp³-hybridized carbons (Fsp3) is 0.400. The molecule has 0 saturated carbocycles. The second kappa shape index (κ2) is 8.51. The number of nitrogens with one attached hydrogen (secondary N) is 3. The van der Waals surface area contributed by atoms with Gasteiger partial charge in [-0.1, -0.05) is 13.8 Å². The molecule has 7 N–H and O–H groups in total. The smallest absolute Gasteiger partial charge is 0.188 e. The van der Waals surface area contributed by atoms with Crippen LogP contribution in [0.4, 0.5) is 0 Å². The summed E-state index contributed by atoms with van der Waals surface area (Å²) in [6, 6.07) is 3.96. The first-order valence-electron chi connectivity index (χ1n) is 7.61. The third kappa shape index (κ3) is 4.29. The predicted molar refractivity (Wildman–Crippen MR) is 102 cm³/mol. The van der Waals surface area contributed by atoms with Gasteiger partial charge >= 0.3 is 0 Å². The molecular formula is C15H23IN6O2. The van der Waals surface area contributed by atoms with Gasteiger partial charge in [0.2, 0.25) is 0 Å². The zero-order valence-electron chi connectivity index (χ0n) is 13.9. The molecule has 1 atom stereocenters. The van der Waals surface area contributed by atoms with Crippen LogP contribution in [0.3, 0.4) is 0 Å². The molecule has 1 aliphatic rings. The molecule has 0 aliphatic carbocycles. The molecule has 1 aromatic carbocycles. The van der Waals surface area contributed by atoms with Crippen molar-refractivity contribution in [2.75, 3.05) is 6.61 Å². The van der Waals surface area contributed by atoms with Gasteiger partial charge in [0.1, 0.15) is 11.5 Å². The fourth-order valence-electron chi connectivity index (χ4n) is 2.20. The van der Waals surface area contributed by atoms with Crippen LogP contribution in [0.2, 0.25) is 0 Å². The Hall–Kier alpha value is -1.56. The Labute approximate surface area is 155 Å². The monoisotopic (exact) mass is 446 g/mol. The Morgan fingerprint density at radius 1 is 1.33 bits per heavy atom. The van der Waals surface area contributed by atoms with Crippen LogP contribution < -0.4 is 37.3 Å². The summed E-state index contributed by atoms with van der Waals surface area (Å²) in [7, 11) is 0. The average Bonchev–Trinajstić information content (AvgIpc) is 2.57. The van der Waals surface area contributed by atoms with Gasteiger partial charge in [-0.15, -0.1) is 0 Å². The number of hydrogen-bond donors (Lipinski definition) is 5. The summed E-state index contributed by atoms with van der Waals surface area (Å²) in [4.78, 5) is 4.25. The van der Waals surface area contributed by atoms with E-state index in [0.29, 0.717) is 18.2 Å². The van der Waals surface area contributed by atoms with E-state index in [0.717, 1.165) is 20.6 Å². The molecule has 0 spiro atoms. The van der Waals surface area contributed by atoms with E-state index in [4.69, 9.17) is 21.2 Å². The van der Waals surface area contributed by atoms with E-state index < -0.39 is 6.29 Å². The summed E-state index contributed by atoms with van der Waals surface area (Å²) in [6.45, 7) is 6.78. The van der Waals surface area contributed by atoms with Crippen LogP contribution in [-0.2, 0) is 0 Å². The number of hydrogen-bond acceptors (Lipinski definition) is 8. The van der Waals surface area contributed by atoms with Crippen LogP contribution in [0.1, 0.15) is 32.3 Å². The molecule has 9 heteroatoms. The van der Waals surface area contributed by atoms with Crippen molar-refractivity contribution in [2.24, 2.45) is 16.7 Å². The third-order valence-corrected chi connectivity index (χ3v) is 4.21. The molecule has 2 rings (SSSR count). The average molecular weight is 446 g/mol. The van der Waals surface area contributed by atoms with E-state index in [9.17, 15) is 0 Å². The van der Waals surface area contributed by atoms with Gasteiger partial charge in [-0.05, 0) is 47.6 Å². The van der Waals surface area contributed by atoms with Crippen molar-refractivity contribution < 1.29 is 9.47 Å². The van der Waals surface area contributed by atoms with E-state index in [1.807, 2.05) is 19.1 Å². The van der Waals surface area contributed by atoms with E-state index in [1.165, 1.54) is 0 Å². The van der Waals surface area contributed by atoms with E-state index in [1.54, 1.807) is 6.20 Å². The van der Waals surface area contributed by atoms with E-state index in [2.05, 4.69) is 57.6 Å². The summed E-state index contributed by atoms with van der Waals surface area (Å²) in [5.74, 6) is 13.6. The number of halogens is 1. The van der Waals surface area contributed by atoms with E-state index in [-0.39, 0.29) is 5.92 Å². The maximum Gasteiger partial charge on any atom is 0.188 e. The topological polar surface area (TPSA) is 119 Å². The Morgan fingerprint density at radius 3 is 2.67 bits per heavy atom. The highest BCUT2D eigenvalue weighted by atomic mass is 127. The lowest BCUT2D eigenvalue weighted by molar-refractivity contribution is 0.336. The maximum absolute atomic E-state index is 6.05. The van der Waals surface area contributed by atoms with Crippen molar-refractivity contribution in [1.82, 2.24) is 16.2 Å². The Kier molecular flexibility index (Phi) is 6.66. The Bertz CT molecular complexity index is 647. The molecule has 1 heterocycles. The summed E-state index contributed by atoms with van der Waals surface area (Å²) < 4.78 is 12.7. The fourth-order valence-corrected chi connectivity index (χ4v) is 2.79. The second-order valence-corrected chi connectivity index (χ2v) is 6.54. The van der Waals surface area contributed by atoms with E-state index >= 15 is 0 Å². The molecule has 24 heavy (non-hydrogen) atoms. The molecule has 1 unspecified atom stereocenters. The first kappa shape index (κ1) is 18.8. The van der Waals surface area contributed by atoms with Crippen molar-refractivity contribution in [2.45, 2.75) is 33.0 Å². The summed E-state index contributed by atoms with van der Waals surface area (Å²) in [5.41, 5.74) is 6.07. The first-order chi connectivity index (χ1) is 11.5. The largest absolute Gasteiger partial charge is 0.493 e. The van der Waals surface area contributed by atoms with Gasteiger partial charge < -0.3 is 20.2 Å². The molecule has 0 bridgehead atoms. The molecule has 0 fully saturated rings. The summed E-state index contributed by atoms with van der Waals surface area (Å²) in [6.07, 6.45) is 1.20. The van der Waals surface area contributed by atoms with Crippen LogP contribution in [0.5, 0.6) is 11.5 Å². The normalized spacial score (nSPS) is 17.0. The van der Waals surface area contributed by atoms with Crippen molar-refractivity contribution in [1.29, 1.82) is 0 Å². The van der Waals surface area contributed by atoms with Crippen molar-refractivity contribution in [3.05, 3.63) is 33.2 Å². The number of aliphatic imine (C=N–C) groups is 1. The minimum absolute atomic E-state index is 0.262. The first-order valence-corrected chi connectivity index (χ1v) is 8.69. The molecule has 1 aromatic rings. The SMILES string of the molecule is CCOc1cc(C(C)C)c(OC2=CNC(NN)N=C2NN)cc1I. The van der Waals surface area contributed by atoms with Gasteiger partial charge in [0, 0.05) is 11.8 Å². The van der Waals surface area contributed by atoms with Crippen LogP contribution >= 0.6 is 22.6 Å². The molecule has 132 valence electrons. The van der Waals surface area contributed by atoms with Crippen molar-refractivity contribution >= 4 is 28.4 Å². The minimum atomic E-state index is -0.464. The zero-order valence-corrected chi connectivity index (χ0v) is 16.0. The third-order valence-electron chi connectivity index (χ3n) is 3.36. The van der Waals surface area contributed by atoms with Crippen LogP contribution in [0.25, 0.3) is 0 Å². The lowest BCUT2D eigenvalue weighted by atomic mass is 10.0. The predicted octanol–water partition coefficient (Wildman–Crippen LogP) is 1.25. The molecular weight excluding hydrogens is 423 g/mol. The van der Waals surface area contributed by atoms with Gasteiger partial charge in [-0.25, -0.2) is 16.3 Å². The standard InChI is InChI=1S/C15H23IN6O2/c1-4-23-12-5-9(8(2)3)11(6-10(12)16)24-13-7-19-15(22-18)20-14(13)21-17/h5-8,15,19,22H,4,17-18H2,1-3H3,(H,20,21). The van der Waals surface area contributed by atoms with Crippen molar-refractivity contribution in [3.63, 3.8) is 0 Å². The number of ether oxygens (including phenoxy) is 2. The number of benzene rings is 1. The summed E-state index contributed by atoms with van der Waals surface area (Å²) in [5, 5.41) is 2.97.